The first kappa shape index (κ1) is 32.3. The zero-order valence-electron chi connectivity index (χ0n) is 30.8. The molecule has 0 saturated heterocycles. The third-order valence-corrected chi connectivity index (χ3v) is 17.9. The number of thiophene rings is 1. The van der Waals surface area contributed by atoms with Crippen LogP contribution >= 0.6 is 11.3 Å². The summed E-state index contributed by atoms with van der Waals surface area (Å²) >= 11 is 1.87. The van der Waals surface area contributed by atoms with Crippen LogP contribution in [0.3, 0.4) is 0 Å². The van der Waals surface area contributed by atoms with Gasteiger partial charge in [0.1, 0.15) is 0 Å². The van der Waals surface area contributed by atoms with Crippen molar-refractivity contribution < 1.29 is 0 Å². The van der Waals surface area contributed by atoms with Gasteiger partial charge in [-0.15, -0.1) is 11.3 Å². The van der Waals surface area contributed by atoms with E-state index in [2.05, 4.69) is 205 Å². The Hall–Kier alpha value is -6.92. The van der Waals surface area contributed by atoms with Crippen LogP contribution in [0, 0.1) is 0 Å². The van der Waals surface area contributed by atoms with Gasteiger partial charge in [-0.2, -0.15) is 0 Å². The fraction of sp³-hybridized carbons (Fsp3) is 0. The second-order valence-electron chi connectivity index (χ2n) is 14.8. The maximum Gasteiger partial charge on any atom is 0.185 e. The Labute approximate surface area is 334 Å². The summed E-state index contributed by atoms with van der Waals surface area (Å²) in [5, 5.41) is 10.4. The van der Waals surface area contributed by atoms with Crippen LogP contribution in [0.15, 0.2) is 200 Å². The van der Waals surface area contributed by atoms with E-state index in [0.29, 0.717) is 0 Å². The van der Waals surface area contributed by atoms with Gasteiger partial charge in [0.2, 0.25) is 0 Å². The fourth-order valence-corrected chi connectivity index (χ4v) is 15.9. The first-order valence-corrected chi connectivity index (χ1v) is 22.2. The molecule has 266 valence electrons. The molecular formula is C52H33N3SSi. The fourth-order valence-electron chi connectivity index (χ4n) is 9.53. The highest BCUT2D eigenvalue weighted by Crippen LogP contribution is 2.43. The van der Waals surface area contributed by atoms with Crippen molar-refractivity contribution in [2.45, 2.75) is 0 Å². The molecule has 4 heterocycles. The average Bonchev–Trinajstić information content (AvgIpc) is 3.94. The van der Waals surface area contributed by atoms with E-state index in [-0.39, 0.29) is 0 Å². The summed E-state index contributed by atoms with van der Waals surface area (Å²) < 4.78 is 5.08. The standard InChI is InChI=1S/C52H33N3SSi/c1-4-16-35(17-5-1)52-53-48(51-49(54-52)42-24-12-15-27-46(42)57(51,37-18-6-2-7-19-37)38-20-8-3-9-21-38)34-28-30-36(31-29-34)55-43-25-13-10-22-39(43)40-32-33-45-47(50(40)55)41-23-11-14-26-44(41)56-45/h1-33H. The quantitative estimate of drug-likeness (QED) is 0.164. The molecule has 12 rings (SSSR count). The predicted octanol–water partition coefficient (Wildman–Crippen LogP) is 10.6. The van der Waals surface area contributed by atoms with Crippen molar-refractivity contribution in [1.82, 2.24) is 14.5 Å². The van der Waals surface area contributed by atoms with Crippen LogP contribution < -0.4 is 20.7 Å². The van der Waals surface area contributed by atoms with Gasteiger partial charge >= 0.3 is 0 Å². The second-order valence-corrected chi connectivity index (χ2v) is 19.6. The summed E-state index contributed by atoms with van der Waals surface area (Å²) in [6.45, 7) is 0. The second kappa shape index (κ2) is 12.5. The van der Waals surface area contributed by atoms with Crippen molar-refractivity contribution in [3.05, 3.63) is 200 Å². The first-order chi connectivity index (χ1) is 28.3. The monoisotopic (exact) mass is 759 g/mol. The van der Waals surface area contributed by atoms with Gasteiger partial charge in [-0.25, -0.2) is 9.97 Å². The number of hydrogen-bond donors (Lipinski definition) is 0. The minimum atomic E-state index is -2.89. The maximum absolute atomic E-state index is 5.59. The topological polar surface area (TPSA) is 30.7 Å². The lowest BCUT2D eigenvalue weighted by atomic mass is 10.1. The molecular weight excluding hydrogens is 727 g/mol. The zero-order valence-corrected chi connectivity index (χ0v) is 32.6. The van der Waals surface area contributed by atoms with Gasteiger partial charge in [0.05, 0.1) is 22.4 Å². The van der Waals surface area contributed by atoms with E-state index in [1.54, 1.807) is 0 Å². The molecule has 8 aromatic carbocycles. The molecule has 3 nitrogen and oxygen atoms in total. The van der Waals surface area contributed by atoms with Gasteiger partial charge in [0.25, 0.3) is 0 Å². The Balaban J connectivity index is 1.15. The third kappa shape index (κ3) is 4.64. The molecule has 0 saturated carbocycles. The molecule has 0 radical (unpaired) electrons. The number of rotatable bonds is 5. The molecule has 1 aliphatic heterocycles. The average molecular weight is 760 g/mol. The minimum absolute atomic E-state index is 0.739. The van der Waals surface area contributed by atoms with Crippen LogP contribution in [-0.4, -0.2) is 22.6 Å². The van der Waals surface area contributed by atoms with E-state index >= 15 is 0 Å². The Morgan fingerprint density at radius 2 is 1.05 bits per heavy atom. The molecule has 0 amide bonds. The number of hydrogen-bond acceptors (Lipinski definition) is 3. The van der Waals surface area contributed by atoms with Crippen molar-refractivity contribution in [2.24, 2.45) is 0 Å². The molecule has 0 fully saturated rings. The number of aromatic nitrogens is 3. The van der Waals surface area contributed by atoms with E-state index in [0.717, 1.165) is 34.0 Å². The van der Waals surface area contributed by atoms with Crippen molar-refractivity contribution >= 4 is 82.1 Å². The SMILES string of the molecule is c1ccc(-c2nc(-c3ccc(-n4c5ccccc5c5ccc6sc7ccccc7c6c54)cc3)c3c(n2)-c2ccccc2[Si]3(c2ccccc2)c2ccccc2)cc1. The van der Waals surface area contributed by atoms with Crippen LogP contribution in [0.1, 0.15) is 0 Å². The molecule has 0 bridgehead atoms. The summed E-state index contributed by atoms with van der Waals surface area (Å²) in [6, 6.07) is 73.0. The van der Waals surface area contributed by atoms with Crippen molar-refractivity contribution in [3.63, 3.8) is 0 Å². The van der Waals surface area contributed by atoms with Gasteiger partial charge in [-0.3, -0.25) is 0 Å². The van der Waals surface area contributed by atoms with Crippen molar-refractivity contribution in [3.8, 4) is 39.6 Å². The predicted molar refractivity (Wildman–Crippen MR) is 243 cm³/mol. The molecule has 57 heavy (non-hydrogen) atoms. The zero-order chi connectivity index (χ0) is 37.5. The van der Waals surface area contributed by atoms with E-state index in [4.69, 9.17) is 9.97 Å². The van der Waals surface area contributed by atoms with Gasteiger partial charge in [0, 0.05) is 58.5 Å². The molecule has 5 heteroatoms. The van der Waals surface area contributed by atoms with Gasteiger partial charge in [0.15, 0.2) is 13.9 Å². The van der Waals surface area contributed by atoms with E-state index in [1.807, 2.05) is 11.3 Å². The molecule has 0 aliphatic carbocycles. The number of fused-ring (bicyclic) bond motifs is 10. The molecule has 0 spiro atoms. The Bertz CT molecular complexity index is 3300. The number of para-hydroxylation sites is 1. The first-order valence-electron chi connectivity index (χ1n) is 19.4. The third-order valence-electron chi connectivity index (χ3n) is 11.9. The van der Waals surface area contributed by atoms with Gasteiger partial charge in [-0.05, 0) is 45.9 Å². The molecule has 3 aromatic heterocycles. The highest BCUT2D eigenvalue weighted by Gasteiger charge is 2.51. The van der Waals surface area contributed by atoms with Crippen molar-refractivity contribution in [2.75, 3.05) is 0 Å². The van der Waals surface area contributed by atoms with Crippen molar-refractivity contribution in [1.29, 1.82) is 0 Å². The molecule has 0 unspecified atom stereocenters. The lowest BCUT2D eigenvalue weighted by Crippen LogP contribution is -2.73. The Morgan fingerprint density at radius 1 is 0.439 bits per heavy atom. The van der Waals surface area contributed by atoms with Crippen LogP contribution in [0.2, 0.25) is 0 Å². The summed E-state index contributed by atoms with van der Waals surface area (Å²) in [5.74, 6) is 0.739. The highest BCUT2D eigenvalue weighted by atomic mass is 32.1. The van der Waals surface area contributed by atoms with E-state index in [1.165, 1.54) is 68.3 Å². The molecule has 11 aromatic rings. The molecule has 0 atom stereocenters. The number of nitrogens with zero attached hydrogens (tertiary/aromatic N) is 3. The normalized spacial score (nSPS) is 13.1. The van der Waals surface area contributed by atoms with Crippen LogP contribution in [0.25, 0.3) is 81.6 Å². The summed E-state index contributed by atoms with van der Waals surface area (Å²) in [4.78, 5) is 11.1. The smallest absolute Gasteiger partial charge is 0.185 e. The minimum Gasteiger partial charge on any atom is -0.309 e. The summed E-state index contributed by atoms with van der Waals surface area (Å²) in [5.41, 5.74) is 8.89. The number of benzene rings is 8. The summed E-state index contributed by atoms with van der Waals surface area (Å²) in [7, 11) is -2.89. The van der Waals surface area contributed by atoms with Gasteiger partial charge in [-0.1, -0.05) is 170 Å². The van der Waals surface area contributed by atoms with E-state index < -0.39 is 8.07 Å². The Kier molecular flexibility index (Phi) is 7.12. The van der Waals surface area contributed by atoms with Crippen LogP contribution in [0.4, 0.5) is 0 Å². The Morgan fingerprint density at radius 3 is 1.81 bits per heavy atom. The molecule has 0 N–H and O–H groups in total. The lowest BCUT2D eigenvalue weighted by Gasteiger charge is -2.32. The summed E-state index contributed by atoms with van der Waals surface area (Å²) in [6.07, 6.45) is 0. The van der Waals surface area contributed by atoms with Crippen LogP contribution in [-0.2, 0) is 0 Å². The largest absolute Gasteiger partial charge is 0.309 e. The highest BCUT2D eigenvalue weighted by molar-refractivity contribution is 7.26. The molecule has 1 aliphatic rings. The van der Waals surface area contributed by atoms with Gasteiger partial charge < -0.3 is 4.57 Å². The lowest BCUT2D eigenvalue weighted by molar-refractivity contribution is 1.18. The van der Waals surface area contributed by atoms with E-state index in [9.17, 15) is 0 Å². The van der Waals surface area contributed by atoms with Crippen LogP contribution in [0.5, 0.6) is 0 Å². The maximum atomic E-state index is 5.59.